The second-order valence-electron chi connectivity index (χ2n) is 1.52. The van der Waals surface area contributed by atoms with Crippen LogP contribution in [0.15, 0.2) is 17.3 Å². The van der Waals surface area contributed by atoms with Crippen molar-refractivity contribution in [1.82, 2.24) is 10.2 Å². The van der Waals surface area contributed by atoms with Crippen LogP contribution in [0.4, 0.5) is 0 Å². The van der Waals surface area contributed by atoms with E-state index in [1.54, 1.807) is 0 Å². The first kappa shape index (κ1) is 6.24. The second kappa shape index (κ2) is 1.82. The van der Waals surface area contributed by atoms with Crippen molar-refractivity contribution in [2.45, 2.75) is 5.03 Å². The lowest BCUT2D eigenvalue weighted by molar-refractivity contribution is 0.672. The highest BCUT2D eigenvalue weighted by molar-refractivity contribution is 7.90. The van der Waals surface area contributed by atoms with Gasteiger partial charge in [0.05, 0.1) is 6.20 Å². The second-order valence-corrected chi connectivity index (χ2v) is 3.16. The van der Waals surface area contributed by atoms with E-state index in [0.717, 1.165) is 0 Å². The summed E-state index contributed by atoms with van der Waals surface area (Å²) in [4.78, 5) is 0. The molecule has 6 heteroatoms. The van der Waals surface area contributed by atoms with Gasteiger partial charge in [-0.3, -0.25) is 5.10 Å². The first-order valence-electron chi connectivity index (χ1n) is 2.16. The van der Waals surface area contributed by atoms with Crippen molar-refractivity contribution < 1.29 is 4.21 Å². The highest BCUT2D eigenvalue weighted by atomic mass is 32.2. The molecule has 9 heavy (non-hydrogen) atoms. The summed E-state index contributed by atoms with van der Waals surface area (Å²) in [6.45, 7) is 0. The Bertz CT molecular complexity index is 273. The van der Waals surface area contributed by atoms with E-state index in [0.29, 0.717) is 0 Å². The fraction of sp³-hybridized carbons (Fsp3) is 0. The molecule has 0 fully saturated rings. The lowest BCUT2D eigenvalue weighted by atomic mass is 10.8. The van der Waals surface area contributed by atoms with Crippen molar-refractivity contribution in [2.24, 2.45) is 5.14 Å². The molecule has 0 aliphatic carbocycles. The van der Waals surface area contributed by atoms with Gasteiger partial charge in [0.1, 0.15) is 14.9 Å². The number of H-pyrrole nitrogens is 1. The van der Waals surface area contributed by atoms with Crippen LogP contribution >= 0.6 is 0 Å². The predicted octanol–water partition coefficient (Wildman–Crippen LogP) is -0.311. The summed E-state index contributed by atoms with van der Waals surface area (Å²) in [7, 11) is -3.08. The molecule has 1 atom stereocenters. The minimum Gasteiger partial charge on any atom is -0.268 e. The topological polar surface area (TPSA) is 95.6 Å². The van der Waals surface area contributed by atoms with Gasteiger partial charge >= 0.3 is 0 Å². The van der Waals surface area contributed by atoms with Crippen LogP contribution in [0.2, 0.25) is 0 Å². The molecular weight excluding hydrogens is 140 g/mol. The summed E-state index contributed by atoms with van der Waals surface area (Å²) in [6.07, 6.45) is 1.40. The third-order valence-corrected chi connectivity index (χ3v) is 1.68. The van der Waals surface area contributed by atoms with Gasteiger partial charge in [0.25, 0.3) is 0 Å². The van der Waals surface area contributed by atoms with Crippen molar-refractivity contribution in [3.8, 4) is 0 Å². The highest BCUT2D eigenvalue weighted by Gasteiger charge is 2.01. The minimum atomic E-state index is -3.08. The largest absolute Gasteiger partial charge is 0.268 e. The molecule has 0 aliphatic rings. The van der Waals surface area contributed by atoms with Crippen LogP contribution in [0.25, 0.3) is 0 Å². The standard InChI is InChI=1S/C3H6N4OS/c4-9(5,8)3-1-2-6-7-3/h1-2H,(H,6,7)(H3,4,5,8). The molecule has 0 spiro atoms. The molecule has 5 nitrogen and oxygen atoms in total. The van der Waals surface area contributed by atoms with Crippen molar-refractivity contribution in [1.29, 1.82) is 4.78 Å². The number of nitrogens with one attached hydrogen (secondary N) is 2. The monoisotopic (exact) mass is 146 g/mol. The Morgan fingerprint density at radius 3 is 2.78 bits per heavy atom. The third kappa shape index (κ3) is 1.27. The van der Waals surface area contributed by atoms with Crippen molar-refractivity contribution in [3.05, 3.63) is 12.3 Å². The van der Waals surface area contributed by atoms with E-state index in [1.807, 2.05) is 0 Å². The summed E-state index contributed by atoms with van der Waals surface area (Å²) in [5.41, 5.74) is 0. The molecule has 0 saturated carbocycles. The molecule has 50 valence electrons. The van der Waals surface area contributed by atoms with E-state index >= 15 is 0 Å². The van der Waals surface area contributed by atoms with Gasteiger partial charge in [0.15, 0.2) is 0 Å². The maximum atomic E-state index is 10.6. The average Bonchev–Trinajstić information content (AvgIpc) is 2.08. The number of nitrogens with two attached hydrogens (primary N) is 1. The third-order valence-electron chi connectivity index (χ3n) is 0.802. The summed E-state index contributed by atoms with van der Waals surface area (Å²) in [5.74, 6) is 0. The highest BCUT2D eigenvalue weighted by Crippen LogP contribution is 1.97. The Hall–Kier alpha value is -0.880. The fourth-order valence-corrected chi connectivity index (χ4v) is 0.863. The van der Waals surface area contributed by atoms with E-state index in [4.69, 9.17) is 9.92 Å². The van der Waals surface area contributed by atoms with Crippen molar-refractivity contribution in [2.75, 3.05) is 0 Å². The van der Waals surface area contributed by atoms with Crippen LogP contribution in [0.5, 0.6) is 0 Å². The van der Waals surface area contributed by atoms with Crippen LogP contribution in [0, 0.1) is 4.78 Å². The van der Waals surface area contributed by atoms with Crippen molar-refractivity contribution >= 4 is 9.92 Å². The molecule has 1 rings (SSSR count). The SMILES string of the molecule is N=S(N)(=O)c1ccn[nH]1. The van der Waals surface area contributed by atoms with Crippen LogP contribution in [0.3, 0.4) is 0 Å². The first-order chi connectivity index (χ1) is 4.11. The maximum absolute atomic E-state index is 10.6. The smallest absolute Gasteiger partial charge is 0.149 e. The van der Waals surface area contributed by atoms with E-state index in [1.165, 1.54) is 12.3 Å². The molecule has 0 amide bonds. The van der Waals surface area contributed by atoms with Gasteiger partial charge < -0.3 is 0 Å². The fourth-order valence-electron chi connectivity index (χ4n) is 0.412. The van der Waals surface area contributed by atoms with Gasteiger partial charge in [-0.2, -0.15) is 5.10 Å². The number of aromatic nitrogens is 2. The molecule has 1 aromatic rings. The quantitative estimate of drug-likeness (QED) is 0.506. The molecular formula is C3H6N4OS. The van der Waals surface area contributed by atoms with Gasteiger partial charge in [-0.1, -0.05) is 0 Å². The normalized spacial score (nSPS) is 17.0. The number of nitrogens with zero attached hydrogens (tertiary/aromatic N) is 1. The number of aromatic amines is 1. The molecule has 0 radical (unpaired) electrons. The zero-order chi connectivity index (χ0) is 6.91. The van der Waals surface area contributed by atoms with Gasteiger partial charge in [-0.05, 0) is 6.07 Å². The predicted molar refractivity (Wildman–Crippen MR) is 31.9 cm³/mol. The Labute approximate surface area is 52.4 Å². The maximum Gasteiger partial charge on any atom is 0.149 e. The molecule has 0 saturated heterocycles. The van der Waals surface area contributed by atoms with E-state index in [2.05, 4.69) is 10.2 Å². The first-order valence-corrected chi connectivity index (χ1v) is 3.79. The molecule has 1 unspecified atom stereocenters. The molecule has 4 N–H and O–H groups in total. The summed E-state index contributed by atoms with van der Waals surface area (Å²) >= 11 is 0. The zero-order valence-corrected chi connectivity index (χ0v) is 5.31. The lowest BCUT2D eigenvalue weighted by Gasteiger charge is -1.91. The Balaban J connectivity index is 3.20. The van der Waals surface area contributed by atoms with Crippen molar-refractivity contribution in [3.63, 3.8) is 0 Å². The Morgan fingerprint density at radius 2 is 2.56 bits per heavy atom. The van der Waals surface area contributed by atoms with E-state index in [9.17, 15) is 4.21 Å². The van der Waals surface area contributed by atoms with E-state index in [-0.39, 0.29) is 5.03 Å². The molecule has 1 aromatic heterocycles. The van der Waals surface area contributed by atoms with Crippen LogP contribution in [-0.2, 0) is 9.92 Å². The number of hydrogen-bond donors (Lipinski definition) is 3. The molecule has 1 heterocycles. The van der Waals surface area contributed by atoms with Gasteiger partial charge in [0, 0.05) is 0 Å². The van der Waals surface area contributed by atoms with Gasteiger partial charge in [-0.15, -0.1) is 0 Å². The molecule has 0 aromatic carbocycles. The van der Waals surface area contributed by atoms with E-state index < -0.39 is 9.92 Å². The molecule has 0 aliphatic heterocycles. The van der Waals surface area contributed by atoms with Gasteiger partial charge in [0.2, 0.25) is 0 Å². The van der Waals surface area contributed by atoms with Crippen LogP contribution in [-0.4, -0.2) is 14.4 Å². The minimum absolute atomic E-state index is 0.155. The Kier molecular flexibility index (Phi) is 1.26. The number of rotatable bonds is 1. The van der Waals surface area contributed by atoms with Crippen LogP contribution in [0.1, 0.15) is 0 Å². The molecule has 0 bridgehead atoms. The summed E-state index contributed by atoms with van der Waals surface area (Å²) in [5, 5.41) is 10.9. The summed E-state index contributed by atoms with van der Waals surface area (Å²) < 4.78 is 17.4. The average molecular weight is 146 g/mol. The number of hydrogen-bond acceptors (Lipinski definition) is 3. The van der Waals surface area contributed by atoms with Crippen LogP contribution < -0.4 is 5.14 Å². The summed E-state index contributed by atoms with van der Waals surface area (Å²) in [6, 6.07) is 1.41. The van der Waals surface area contributed by atoms with Gasteiger partial charge in [-0.25, -0.2) is 14.1 Å². The Morgan fingerprint density at radius 1 is 1.89 bits per heavy atom. The lowest BCUT2D eigenvalue weighted by Crippen LogP contribution is -2.10. The zero-order valence-electron chi connectivity index (χ0n) is 4.50.